The lowest BCUT2D eigenvalue weighted by molar-refractivity contribution is -0.150. The molecule has 1 unspecified atom stereocenters. The number of fused-ring (bicyclic) bond motifs is 1. The zero-order chi connectivity index (χ0) is 24.7. The fraction of sp³-hybridized carbons (Fsp3) is 0.375. The van der Waals surface area contributed by atoms with E-state index in [0.29, 0.717) is 11.3 Å². The first-order valence-corrected chi connectivity index (χ1v) is 12.3. The number of oxime groups is 1. The highest BCUT2D eigenvalue weighted by Gasteiger charge is 2.54. The topological polar surface area (TPSA) is 234 Å². The van der Waals surface area contributed by atoms with E-state index in [9.17, 15) is 19.5 Å². The van der Waals surface area contributed by atoms with E-state index in [1.807, 2.05) is 0 Å². The number of aromatic nitrogens is 1. The first-order chi connectivity index (χ1) is 16.4. The molecule has 15 nitrogen and oxygen atoms in total. The van der Waals surface area contributed by atoms with Gasteiger partial charge in [0.1, 0.15) is 29.4 Å². The summed E-state index contributed by atoms with van der Waals surface area (Å²) >= 11 is 3.62. The Bertz CT molecular complexity index is 1110. The second kappa shape index (κ2) is 11.6. The molecule has 2 atom stereocenters. The Hall–Kier alpha value is -3.47. The van der Waals surface area contributed by atoms with Crippen LogP contribution in [0, 0.1) is 0 Å². The number of nitrogens with one attached hydrogen (secondary N) is 1. The van der Waals surface area contributed by atoms with Gasteiger partial charge in [-0.25, -0.2) is 9.78 Å². The minimum absolute atomic E-state index is 0.141. The molecule has 0 bridgehead atoms. The molecule has 2 aliphatic heterocycles. The summed E-state index contributed by atoms with van der Waals surface area (Å²) in [5, 5.41) is 23.8. The Morgan fingerprint density at radius 2 is 2.32 bits per heavy atom. The number of carbonyl (C=O) groups is 3. The minimum Gasteiger partial charge on any atom is -0.477 e. The molecule has 0 spiro atoms. The molecular weight excluding hydrogens is 508 g/mol. The number of nitrogens with zero attached hydrogens (tertiary/aromatic N) is 7. The molecule has 34 heavy (non-hydrogen) atoms. The molecule has 180 valence electrons. The van der Waals surface area contributed by atoms with Gasteiger partial charge >= 0.3 is 5.97 Å². The maximum absolute atomic E-state index is 13.0. The van der Waals surface area contributed by atoms with Gasteiger partial charge in [-0.1, -0.05) is 10.3 Å². The number of anilines is 1. The molecule has 0 saturated carbocycles. The molecule has 6 N–H and O–H groups in total. The molecule has 1 saturated heterocycles. The lowest BCUT2D eigenvalue weighted by Gasteiger charge is -2.49. The van der Waals surface area contributed by atoms with Crippen LogP contribution in [0.5, 0.6) is 0 Å². The molecule has 1 aromatic heterocycles. The Kier molecular flexibility index (Phi) is 8.58. The lowest BCUT2D eigenvalue weighted by atomic mass is 10.0. The van der Waals surface area contributed by atoms with Crippen molar-refractivity contribution in [3.05, 3.63) is 32.8 Å². The highest BCUT2D eigenvalue weighted by atomic mass is 32.2. The first-order valence-electron chi connectivity index (χ1n) is 9.35. The van der Waals surface area contributed by atoms with E-state index in [0.717, 1.165) is 16.2 Å². The van der Waals surface area contributed by atoms with Crippen molar-refractivity contribution in [3.8, 4) is 0 Å². The average Bonchev–Trinajstić information content (AvgIpc) is 3.25. The fourth-order valence-corrected chi connectivity index (χ4v) is 5.27. The monoisotopic (exact) mass is 526 g/mol. The van der Waals surface area contributed by atoms with Crippen LogP contribution < -0.4 is 16.9 Å². The zero-order valence-electron chi connectivity index (χ0n) is 17.2. The second-order valence-electron chi connectivity index (χ2n) is 6.48. The number of azide groups is 1. The van der Waals surface area contributed by atoms with E-state index in [4.69, 9.17) is 21.9 Å². The molecule has 0 aliphatic carbocycles. The van der Waals surface area contributed by atoms with E-state index in [-0.39, 0.29) is 41.1 Å². The van der Waals surface area contributed by atoms with Gasteiger partial charge in [0, 0.05) is 21.8 Å². The van der Waals surface area contributed by atoms with Crippen molar-refractivity contribution in [2.24, 2.45) is 21.2 Å². The van der Waals surface area contributed by atoms with Crippen LogP contribution >= 0.6 is 34.9 Å². The molecule has 0 radical (unpaired) electrons. The van der Waals surface area contributed by atoms with Crippen molar-refractivity contribution < 1.29 is 24.3 Å². The number of β-lactam (4-membered cyclic amide) rings is 1. The highest BCUT2D eigenvalue weighted by molar-refractivity contribution is 8.12. The third-order valence-electron chi connectivity index (χ3n) is 4.42. The molecule has 18 heteroatoms. The summed E-state index contributed by atoms with van der Waals surface area (Å²) in [6.45, 7) is -0.0319. The number of hydrazone groups is 1. The summed E-state index contributed by atoms with van der Waals surface area (Å²) in [5.74, 6) is 3.03. The lowest BCUT2D eigenvalue weighted by Crippen LogP contribution is -2.71. The number of carboxylic acids is 1. The number of carbonyl (C=O) groups excluding carboxylic acids is 2. The summed E-state index contributed by atoms with van der Waals surface area (Å²) < 4.78 is 0. The number of hydrogen-bond acceptors (Lipinski definition) is 13. The Balaban J connectivity index is 1.74. The van der Waals surface area contributed by atoms with Gasteiger partial charge in [-0.15, -0.1) is 34.9 Å². The number of hydrogen-bond donors (Lipinski definition) is 4. The van der Waals surface area contributed by atoms with Gasteiger partial charge in [0.15, 0.2) is 10.8 Å². The number of amides is 2. The Morgan fingerprint density at radius 3 is 2.97 bits per heavy atom. The van der Waals surface area contributed by atoms with Gasteiger partial charge in [-0.3, -0.25) is 14.5 Å². The molecule has 3 heterocycles. The third-order valence-corrected chi connectivity index (χ3v) is 7.11. The molecule has 1 fully saturated rings. The Morgan fingerprint density at radius 1 is 1.53 bits per heavy atom. The Labute approximate surface area is 204 Å². The molecule has 2 aliphatic rings. The van der Waals surface area contributed by atoms with E-state index in [1.54, 1.807) is 0 Å². The van der Waals surface area contributed by atoms with Crippen molar-refractivity contribution >= 4 is 69.0 Å². The number of nitrogen functional groups attached to an aromatic ring is 1. The minimum atomic E-state index is -1.32. The number of rotatable bonds is 11. The van der Waals surface area contributed by atoms with Gasteiger partial charge in [0.05, 0.1) is 12.1 Å². The number of thiazole rings is 1. The zero-order valence-corrected chi connectivity index (χ0v) is 19.7. The van der Waals surface area contributed by atoms with Crippen LogP contribution in [-0.4, -0.2) is 80.1 Å². The molecule has 0 aromatic carbocycles. The van der Waals surface area contributed by atoms with E-state index in [1.165, 1.54) is 34.5 Å². The quantitative estimate of drug-likeness (QED) is 0.0350. The van der Waals surface area contributed by atoms with Gasteiger partial charge in [0.25, 0.3) is 11.8 Å². The SMILES string of the molecule is [N-]=[N+]=NCC1=C(C(=O)O)N2C(=O)C(NC(=O)C(=NOCCSC=NN)c3csc(N)n3)[C@H]2SC1. The number of carboxylic acid groups (broad SMARTS) is 1. The van der Waals surface area contributed by atoms with Gasteiger partial charge in [-0.2, -0.15) is 5.10 Å². The predicted molar refractivity (Wildman–Crippen MR) is 128 cm³/mol. The van der Waals surface area contributed by atoms with Crippen molar-refractivity contribution in [2.75, 3.05) is 30.4 Å². The van der Waals surface area contributed by atoms with Crippen molar-refractivity contribution in [1.29, 1.82) is 0 Å². The largest absolute Gasteiger partial charge is 0.477 e. The average molecular weight is 527 g/mol. The summed E-state index contributed by atoms with van der Waals surface area (Å²) in [6.07, 6.45) is 0. The van der Waals surface area contributed by atoms with Crippen molar-refractivity contribution in [1.82, 2.24) is 15.2 Å². The van der Waals surface area contributed by atoms with Gasteiger partial charge in [-0.05, 0) is 11.1 Å². The number of nitrogens with two attached hydrogens (primary N) is 2. The van der Waals surface area contributed by atoms with Crippen LogP contribution in [-0.2, 0) is 19.2 Å². The molecule has 3 rings (SSSR count). The third kappa shape index (κ3) is 5.53. The molecular formula is C16H18N10O5S3. The van der Waals surface area contributed by atoms with Crippen LogP contribution in [0.15, 0.2) is 32.0 Å². The summed E-state index contributed by atoms with van der Waals surface area (Å²) in [6, 6.07) is -0.995. The normalized spacial score (nSPS) is 19.9. The van der Waals surface area contributed by atoms with Crippen LogP contribution in [0.25, 0.3) is 10.4 Å². The van der Waals surface area contributed by atoms with E-state index in [2.05, 4.69) is 30.6 Å². The van der Waals surface area contributed by atoms with Gasteiger partial charge < -0.3 is 26.8 Å². The predicted octanol–water partition coefficient (Wildman–Crippen LogP) is 0.130. The number of aliphatic carboxylic acids is 1. The van der Waals surface area contributed by atoms with E-state index < -0.39 is 29.2 Å². The smallest absolute Gasteiger partial charge is 0.352 e. The first kappa shape index (κ1) is 25.2. The van der Waals surface area contributed by atoms with Crippen LogP contribution in [0.3, 0.4) is 0 Å². The van der Waals surface area contributed by atoms with Crippen LogP contribution in [0.4, 0.5) is 5.13 Å². The van der Waals surface area contributed by atoms with Gasteiger partial charge in [0.2, 0.25) is 0 Å². The van der Waals surface area contributed by atoms with Crippen molar-refractivity contribution in [2.45, 2.75) is 11.4 Å². The number of thioether (sulfide) groups is 2. The molecule has 1 aromatic rings. The van der Waals surface area contributed by atoms with Crippen LogP contribution in [0.2, 0.25) is 0 Å². The highest BCUT2D eigenvalue weighted by Crippen LogP contribution is 2.40. The second-order valence-corrected chi connectivity index (χ2v) is 9.42. The van der Waals surface area contributed by atoms with Crippen LogP contribution in [0.1, 0.15) is 5.69 Å². The summed E-state index contributed by atoms with van der Waals surface area (Å²) in [7, 11) is 0. The summed E-state index contributed by atoms with van der Waals surface area (Å²) in [5.41, 5.74) is 15.7. The van der Waals surface area contributed by atoms with E-state index >= 15 is 0 Å². The van der Waals surface area contributed by atoms with Crippen molar-refractivity contribution in [3.63, 3.8) is 0 Å². The fourth-order valence-electron chi connectivity index (χ4n) is 3.02. The standard InChI is InChI=1S/C16H18N10O5S3/c17-16-22-8(5-34-16)9(24-31-1-2-32-6-20-18)12(27)23-10-13(28)26-11(15(29)30)7(3-21-25-19)4-33-14(10)26/h5-6,10,14H,1-4,18H2,(H2,17,22)(H,23,27)(H,29,30)/t10?,14-/m1/s1. The molecule has 2 amide bonds. The maximum Gasteiger partial charge on any atom is 0.352 e. The summed E-state index contributed by atoms with van der Waals surface area (Å²) in [4.78, 5) is 50.4. The maximum atomic E-state index is 13.0.